The van der Waals surface area contributed by atoms with E-state index in [1.807, 2.05) is 6.92 Å². The first-order valence-electron chi connectivity index (χ1n) is 6.12. The summed E-state index contributed by atoms with van der Waals surface area (Å²) in [5, 5.41) is 9.73. The summed E-state index contributed by atoms with van der Waals surface area (Å²) in [6.07, 6.45) is 0.681. The maximum Gasteiger partial charge on any atom is 0.253 e. The third-order valence-corrected chi connectivity index (χ3v) is 3.56. The molecule has 6 nitrogen and oxygen atoms in total. The van der Waals surface area contributed by atoms with E-state index in [1.54, 1.807) is 27.8 Å². The summed E-state index contributed by atoms with van der Waals surface area (Å²) in [5.41, 5.74) is 1.84. The molecule has 0 aliphatic carbocycles. The third-order valence-electron chi connectivity index (χ3n) is 3.56. The van der Waals surface area contributed by atoms with Crippen LogP contribution in [0.5, 0.6) is 0 Å². The molecule has 0 radical (unpaired) electrons. The summed E-state index contributed by atoms with van der Waals surface area (Å²) < 4.78 is 0. The number of hydrogen-bond acceptors (Lipinski definition) is 4. The number of likely N-dealkylation sites (N-methyl/N-ethyl adjacent to an activating group) is 1. The van der Waals surface area contributed by atoms with Crippen molar-refractivity contribution in [3.8, 4) is 0 Å². The molecule has 2 amide bonds. The molecule has 102 valence electrons. The van der Waals surface area contributed by atoms with E-state index in [9.17, 15) is 9.59 Å². The van der Waals surface area contributed by atoms with Crippen LogP contribution in [-0.4, -0.2) is 36.7 Å². The van der Waals surface area contributed by atoms with Crippen LogP contribution < -0.4 is 16.1 Å². The van der Waals surface area contributed by atoms with Crippen molar-refractivity contribution >= 4 is 17.5 Å². The molecule has 1 aliphatic heterocycles. The molecule has 6 heteroatoms. The van der Waals surface area contributed by atoms with E-state index in [0.29, 0.717) is 6.42 Å². The molecule has 0 aromatic carbocycles. The number of hydrazone groups is 1. The Balaban J connectivity index is 2.71. The molecule has 1 aliphatic rings. The van der Waals surface area contributed by atoms with Gasteiger partial charge in [-0.3, -0.25) is 9.59 Å². The van der Waals surface area contributed by atoms with E-state index in [2.05, 4.69) is 21.2 Å². The van der Waals surface area contributed by atoms with Gasteiger partial charge < -0.3 is 10.6 Å². The lowest BCUT2D eigenvalue weighted by molar-refractivity contribution is -0.128. The van der Waals surface area contributed by atoms with Crippen LogP contribution in [0.3, 0.4) is 0 Å². The standard InChI is InChI=1S/C12H22N4O2/c1-6-8-12(4,10(18)16-15-8)7-14-9(17)11(2,3)13-5/h13H,6-7H2,1-5H3,(H,14,17)(H,16,18). The van der Waals surface area contributed by atoms with E-state index >= 15 is 0 Å². The lowest BCUT2D eigenvalue weighted by Crippen LogP contribution is -2.54. The van der Waals surface area contributed by atoms with Crippen LogP contribution in [0.2, 0.25) is 0 Å². The molecule has 3 N–H and O–H groups in total. The van der Waals surface area contributed by atoms with Crippen molar-refractivity contribution in [1.82, 2.24) is 16.1 Å². The van der Waals surface area contributed by atoms with Gasteiger partial charge in [-0.05, 0) is 34.2 Å². The van der Waals surface area contributed by atoms with Crippen molar-refractivity contribution < 1.29 is 9.59 Å². The number of carbonyl (C=O) groups excluding carboxylic acids is 2. The Kier molecular flexibility index (Phi) is 4.11. The Morgan fingerprint density at radius 3 is 2.61 bits per heavy atom. The van der Waals surface area contributed by atoms with Gasteiger partial charge in [0.05, 0.1) is 11.3 Å². The normalized spacial score (nSPS) is 23.6. The fraction of sp³-hybridized carbons (Fsp3) is 0.750. The smallest absolute Gasteiger partial charge is 0.253 e. The summed E-state index contributed by atoms with van der Waals surface area (Å²) in [4.78, 5) is 23.8. The molecule has 1 unspecified atom stereocenters. The summed E-state index contributed by atoms with van der Waals surface area (Å²) in [5.74, 6) is -0.303. The highest BCUT2D eigenvalue weighted by Crippen LogP contribution is 2.24. The molecule has 0 saturated carbocycles. The average Bonchev–Trinajstić information content (AvgIpc) is 2.63. The van der Waals surface area contributed by atoms with Gasteiger partial charge in [0.2, 0.25) is 5.91 Å². The summed E-state index contributed by atoms with van der Waals surface area (Å²) >= 11 is 0. The molecule has 1 heterocycles. The van der Waals surface area contributed by atoms with Crippen molar-refractivity contribution in [1.29, 1.82) is 0 Å². The minimum absolute atomic E-state index is 0.138. The van der Waals surface area contributed by atoms with E-state index in [-0.39, 0.29) is 18.4 Å². The average molecular weight is 254 g/mol. The Bertz CT molecular complexity index is 390. The molecule has 0 aromatic rings. The van der Waals surface area contributed by atoms with Gasteiger partial charge in [-0.15, -0.1) is 0 Å². The largest absolute Gasteiger partial charge is 0.353 e. The van der Waals surface area contributed by atoms with Crippen molar-refractivity contribution in [3.05, 3.63) is 0 Å². The lowest BCUT2D eigenvalue weighted by Gasteiger charge is -2.27. The first-order chi connectivity index (χ1) is 8.28. The number of carbonyl (C=O) groups is 2. The Morgan fingerprint density at radius 1 is 1.50 bits per heavy atom. The predicted molar refractivity (Wildman–Crippen MR) is 70.1 cm³/mol. The van der Waals surface area contributed by atoms with Crippen molar-refractivity contribution in [2.24, 2.45) is 10.5 Å². The zero-order chi connectivity index (χ0) is 14.0. The topological polar surface area (TPSA) is 82.6 Å². The summed E-state index contributed by atoms with van der Waals surface area (Å²) in [6.45, 7) is 7.57. The molecule has 0 fully saturated rings. The Hall–Kier alpha value is -1.43. The van der Waals surface area contributed by atoms with Crippen LogP contribution in [0.15, 0.2) is 5.10 Å². The van der Waals surface area contributed by atoms with Gasteiger partial charge >= 0.3 is 0 Å². The monoisotopic (exact) mass is 254 g/mol. The summed E-state index contributed by atoms with van der Waals surface area (Å²) in [6, 6.07) is 0. The van der Waals surface area contributed by atoms with Crippen molar-refractivity contribution in [2.75, 3.05) is 13.6 Å². The molecule has 1 atom stereocenters. The molecule has 18 heavy (non-hydrogen) atoms. The predicted octanol–water partition coefficient (Wildman–Crippen LogP) is 0.00270. The highest BCUT2D eigenvalue weighted by Gasteiger charge is 2.43. The quantitative estimate of drug-likeness (QED) is 0.646. The maximum atomic E-state index is 12.0. The van der Waals surface area contributed by atoms with E-state index in [0.717, 1.165) is 5.71 Å². The second kappa shape index (κ2) is 5.06. The molecule has 1 rings (SSSR count). The van der Waals surface area contributed by atoms with E-state index in [4.69, 9.17) is 0 Å². The van der Waals surface area contributed by atoms with Gasteiger partial charge in [-0.1, -0.05) is 6.92 Å². The van der Waals surface area contributed by atoms with Gasteiger partial charge in [0, 0.05) is 6.54 Å². The van der Waals surface area contributed by atoms with Gasteiger partial charge in [-0.2, -0.15) is 5.10 Å². The van der Waals surface area contributed by atoms with Crippen molar-refractivity contribution in [2.45, 2.75) is 39.7 Å². The highest BCUT2D eigenvalue weighted by atomic mass is 16.2. The van der Waals surface area contributed by atoms with Crippen LogP contribution in [-0.2, 0) is 9.59 Å². The second-order valence-corrected chi connectivity index (χ2v) is 5.24. The fourth-order valence-electron chi connectivity index (χ4n) is 1.74. The zero-order valence-corrected chi connectivity index (χ0v) is 11.7. The van der Waals surface area contributed by atoms with Crippen LogP contribution in [0.4, 0.5) is 0 Å². The van der Waals surface area contributed by atoms with Gasteiger partial charge in [0.25, 0.3) is 5.91 Å². The molecule has 0 aromatic heterocycles. The molecule has 0 saturated heterocycles. The molecule has 0 spiro atoms. The van der Waals surface area contributed by atoms with E-state index in [1.165, 1.54) is 0 Å². The SMILES string of the molecule is CCC1=NNC(=O)C1(C)CNC(=O)C(C)(C)NC. The number of rotatable bonds is 5. The molecule has 0 bridgehead atoms. The number of hydrogen-bond donors (Lipinski definition) is 3. The lowest BCUT2D eigenvalue weighted by atomic mass is 9.83. The maximum absolute atomic E-state index is 12.0. The highest BCUT2D eigenvalue weighted by molar-refractivity contribution is 6.12. The number of amides is 2. The number of nitrogens with one attached hydrogen (secondary N) is 3. The van der Waals surface area contributed by atoms with Gasteiger partial charge in [0.1, 0.15) is 5.41 Å². The molecular weight excluding hydrogens is 232 g/mol. The van der Waals surface area contributed by atoms with Crippen LogP contribution in [0.25, 0.3) is 0 Å². The minimum Gasteiger partial charge on any atom is -0.353 e. The Morgan fingerprint density at radius 2 is 2.11 bits per heavy atom. The van der Waals surface area contributed by atoms with Crippen LogP contribution >= 0.6 is 0 Å². The van der Waals surface area contributed by atoms with Crippen LogP contribution in [0.1, 0.15) is 34.1 Å². The minimum atomic E-state index is -0.742. The molecular formula is C12H22N4O2. The van der Waals surface area contributed by atoms with Gasteiger partial charge in [0.15, 0.2) is 0 Å². The fourth-order valence-corrected chi connectivity index (χ4v) is 1.74. The van der Waals surface area contributed by atoms with E-state index < -0.39 is 11.0 Å². The van der Waals surface area contributed by atoms with Gasteiger partial charge in [-0.25, -0.2) is 5.43 Å². The number of nitrogens with zero attached hydrogens (tertiary/aromatic N) is 1. The van der Waals surface area contributed by atoms with Crippen LogP contribution in [0, 0.1) is 5.41 Å². The van der Waals surface area contributed by atoms with Crippen molar-refractivity contribution in [3.63, 3.8) is 0 Å². The first kappa shape index (κ1) is 14.6. The second-order valence-electron chi connectivity index (χ2n) is 5.24. The zero-order valence-electron chi connectivity index (χ0n) is 11.7. The summed E-state index contributed by atoms with van der Waals surface area (Å²) in [7, 11) is 1.72. The Labute approximate surface area is 108 Å². The first-order valence-corrected chi connectivity index (χ1v) is 6.12. The third kappa shape index (κ3) is 2.53.